The molecule has 3 aromatic carbocycles. The average Bonchev–Trinajstić information content (AvgIpc) is 3.04. The molecule has 15 heteroatoms. The summed E-state index contributed by atoms with van der Waals surface area (Å²) in [5.74, 6) is 2.43. The summed E-state index contributed by atoms with van der Waals surface area (Å²) >= 11 is 0. The zero-order chi connectivity index (χ0) is 47.4. The molecule has 0 aliphatic rings. The number of ether oxygens (including phenoxy) is 9. The van der Waals surface area contributed by atoms with Crippen LogP contribution < -0.4 is 47.7 Å². The second-order valence-corrected chi connectivity index (χ2v) is 18.7. The van der Waals surface area contributed by atoms with E-state index >= 15 is 0 Å². The summed E-state index contributed by atoms with van der Waals surface area (Å²) in [6.07, 6.45) is -6.59. The lowest BCUT2D eigenvalue weighted by Crippen LogP contribution is -2.37. The van der Waals surface area contributed by atoms with Crippen molar-refractivity contribution in [2.75, 3.05) is 0 Å². The molecule has 0 aliphatic carbocycles. The molecule has 3 aromatic rings. The Labute approximate surface area is 370 Å². The number of hydrogen-bond acceptors (Lipinski definition) is 11. The van der Waals surface area contributed by atoms with Gasteiger partial charge in [0.25, 0.3) is 14.7 Å². The Kier molecular flexibility index (Phi) is 20.6. The van der Waals surface area contributed by atoms with Crippen molar-refractivity contribution >= 4 is 16.9 Å². The number of halogens is 3. The van der Waals surface area contributed by atoms with E-state index in [0.29, 0.717) is 51.7 Å². The fourth-order valence-corrected chi connectivity index (χ4v) is 8.10. The third-order valence-corrected chi connectivity index (χ3v) is 9.55. The molecule has 0 aliphatic heterocycles. The van der Waals surface area contributed by atoms with Crippen LogP contribution in [0.5, 0.6) is 51.7 Å². The summed E-state index contributed by atoms with van der Waals surface area (Å²) in [7, 11) is -1.16. The summed E-state index contributed by atoms with van der Waals surface area (Å²) in [6.45, 7) is 36.2. The molecule has 0 atom stereocenters. The zero-order valence-corrected chi connectivity index (χ0v) is 40.5. The van der Waals surface area contributed by atoms with Crippen molar-refractivity contribution in [1.82, 2.24) is 0 Å². The summed E-state index contributed by atoms with van der Waals surface area (Å²) in [4.78, 5) is 11.1. The van der Waals surface area contributed by atoms with Crippen LogP contribution >= 0.6 is 0 Å². The first-order chi connectivity index (χ1) is 28.6. The molecule has 0 heterocycles. The fourth-order valence-electron chi connectivity index (χ4n) is 5.64. The number of hydrogen-bond donors (Lipinski definition) is 0. The molecule has 0 unspecified atom stereocenters. The Morgan fingerprint density at radius 1 is 0.387 bits per heavy atom. The van der Waals surface area contributed by atoms with E-state index in [1.165, 1.54) is 0 Å². The summed E-state index contributed by atoms with van der Waals surface area (Å²) in [6, 6.07) is 11.7. The van der Waals surface area contributed by atoms with Crippen molar-refractivity contribution in [2.24, 2.45) is 0 Å². The number of alkyl halides is 3. The van der Waals surface area contributed by atoms with Gasteiger partial charge in [-0.25, -0.2) is 0 Å². The van der Waals surface area contributed by atoms with Crippen molar-refractivity contribution in [3.8, 4) is 51.7 Å². The fraction of sp³-hybridized carbons (Fsp3) is 0.596. The number of aliphatic carboxylic acids is 1. The van der Waals surface area contributed by atoms with E-state index < -0.39 is 23.0 Å². The lowest BCUT2D eigenvalue weighted by atomic mass is 10.2. The van der Waals surface area contributed by atoms with Crippen LogP contribution in [0, 0.1) is 0 Å². The normalized spacial score (nSPS) is 11.9. The quantitative estimate of drug-likeness (QED) is 0.0949. The first kappa shape index (κ1) is 53.6. The van der Waals surface area contributed by atoms with E-state index in [1.807, 2.05) is 161 Å². The lowest BCUT2D eigenvalue weighted by molar-refractivity contribution is -0.344. The molecule has 0 radical (unpaired) electrons. The van der Waals surface area contributed by atoms with Crippen LogP contribution in [-0.2, 0) is 15.7 Å². The lowest BCUT2D eigenvalue weighted by Gasteiger charge is -2.26. The molecule has 0 fully saturated rings. The number of carbonyl (C=O) groups excluding carboxylic acids is 1. The zero-order valence-electron chi connectivity index (χ0n) is 39.7. The van der Waals surface area contributed by atoms with Gasteiger partial charge < -0.3 is 52.5 Å². The Bertz CT molecular complexity index is 1590. The summed E-state index contributed by atoms with van der Waals surface area (Å²) in [5, 5.41) is 8.78. The predicted octanol–water partition coefficient (Wildman–Crippen LogP) is 11.2. The summed E-state index contributed by atoms with van der Waals surface area (Å²) < 4.78 is 91.2. The minimum atomic E-state index is -5.19. The van der Waals surface area contributed by atoms with Crippen LogP contribution in [0.3, 0.4) is 0 Å². The van der Waals surface area contributed by atoms with Gasteiger partial charge in [0.15, 0.2) is 34.5 Å². The van der Waals surface area contributed by atoms with Crippen molar-refractivity contribution in [3.63, 3.8) is 0 Å². The minimum Gasteiger partial charge on any atom is -0.542 e. The third kappa shape index (κ3) is 17.3. The van der Waals surface area contributed by atoms with Crippen molar-refractivity contribution in [1.29, 1.82) is 0 Å². The van der Waals surface area contributed by atoms with Crippen molar-refractivity contribution in [3.05, 3.63) is 36.4 Å². The molecule has 62 heavy (non-hydrogen) atoms. The van der Waals surface area contributed by atoms with Crippen LogP contribution in [0.2, 0.25) is 0 Å². The van der Waals surface area contributed by atoms with E-state index in [2.05, 4.69) is 0 Å². The number of carbonyl (C=O) groups is 1. The molecule has 11 nitrogen and oxygen atoms in total. The molecule has 0 spiro atoms. The van der Waals surface area contributed by atoms with Gasteiger partial charge in [0.2, 0.25) is 0 Å². The molecule has 0 aromatic heterocycles. The highest BCUT2D eigenvalue weighted by Gasteiger charge is 2.48. The maximum Gasteiger partial charge on any atom is 0.430 e. The third-order valence-electron chi connectivity index (χ3n) is 7.12. The van der Waals surface area contributed by atoms with Crippen LogP contribution in [0.25, 0.3) is 0 Å². The number of carboxylic acid groups (broad SMARTS) is 1. The van der Waals surface area contributed by atoms with Crippen LogP contribution in [0.15, 0.2) is 51.1 Å². The van der Waals surface area contributed by atoms with Crippen LogP contribution in [0.4, 0.5) is 13.2 Å². The molecular formula is C47H69F3O11S. The highest BCUT2D eigenvalue weighted by molar-refractivity contribution is 7.97. The number of rotatable bonds is 21. The molecule has 0 saturated heterocycles. The second-order valence-electron chi connectivity index (χ2n) is 16.8. The van der Waals surface area contributed by atoms with Crippen molar-refractivity contribution in [2.45, 2.75) is 200 Å². The first-order valence-electron chi connectivity index (χ1n) is 21.2. The van der Waals surface area contributed by atoms with Gasteiger partial charge in [-0.05, 0) is 125 Å². The average molecular weight is 899 g/mol. The Morgan fingerprint density at radius 3 is 0.645 bits per heavy atom. The highest BCUT2D eigenvalue weighted by atomic mass is 32.2. The molecule has 3 rings (SSSR count). The van der Waals surface area contributed by atoms with Gasteiger partial charge in [0.05, 0.1) is 54.9 Å². The molecule has 0 saturated carbocycles. The Morgan fingerprint density at radius 2 is 0.532 bits per heavy atom. The Hall–Kier alpha value is -4.53. The largest absolute Gasteiger partial charge is 0.542 e. The van der Waals surface area contributed by atoms with Gasteiger partial charge in [0, 0.05) is 36.4 Å². The molecule has 0 N–H and O–H groups in total. The smallest absolute Gasteiger partial charge is 0.430 e. The van der Waals surface area contributed by atoms with Gasteiger partial charge in [-0.2, -0.15) is 13.2 Å². The van der Waals surface area contributed by atoms with E-state index in [9.17, 15) is 13.2 Å². The topological polar surface area (TPSA) is 123 Å². The van der Waals surface area contributed by atoms with Gasteiger partial charge in [-0.15, -0.1) is 0 Å². The first-order valence-corrected chi connectivity index (χ1v) is 22.4. The van der Waals surface area contributed by atoms with Gasteiger partial charge in [-0.3, -0.25) is 0 Å². The van der Waals surface area contributed by atoms with Crippen LogP contribution in [0.1, 0.15) is 125 Å². The molecular weight excluding hydrogens is 830 g/mol. The van der Waals surface area contributed by atoms with E-state index in [1.54, 1.807) is 0 Å². The van der Waals surface area contributed by atoms with Gasteiger partial charge in [-0.1, -0.05) is 0 Å². The van der Waals surface area contributed by atoms with Gasteiger partial charge in [0.1, 0.15) is 34.1 Å². The number of benzene rings is 3. The molecule has 350 valence electrons. The molecule has 0 amide bonds. The monoisotopic (exact) mass is 898 g/mol. The van der Waals surface area contributed by atoms with E-state index in [0.717, 1.165) is 14.7 Å². The van der Waals surface area contributed by atoms with E-state index in [4.69, 9.17) is 52.5 Å². The standard InChI is InChI=1S/C45H69O9S.C2HF3O2/c1-25(2)46-34-19-37(49-28(7)8)43(38(20-34)50-29(9)10)55(44-39(51-30(11)12)21-35(47-26(3)4)22-40(44)52-31(13)14)45-41(53-32(15)16)23-36(48-27(5)6)24-42(45)54-33(17)18;3-2(4,5)1(6)7/h19-33H,1-18H3;(H,6,7)/q+1;/p-1. The number of carboxylic acids is 1. The SMILES string of the molecule is CC(C)Oc1cc(OC(C)C)c([S+](c2c(OC(C)C)cc(OC(C)C)cc2OC(C)C)c2c(OC(C)C)cc(OC(C)C)cc2OC(C)C)c(OC(C)C)c1.O=C([O-])C(F)(F)F. The highest BCUT2D eigenvalue weighted by Crippen LogP contribution is 2.56. The maximum atomic E-state index is 10.5. The van der Waals surface area contributed by atoms with Crippen LogP contribution in [-0.4, -0.2) is 67.1 Å². The minimum absolute atomic E-state index is 0.0842. The Balaban J connectivity index is 0.00000173. The maximum absolute atomic E-state index is 10.5. The summed E-state index contributed by atoms with van der Waals surface area (Å²) in [5.41, 5.74) is 0. The van der Waals surface area contributed by atoms with E-state index in [-0.39, 0.29) is 54.9 Å². The van der Waals surface area contributed by atoms with Crippen molar-refractivity contribution < 1.29 is 65.7 Å². The molecule has 0 bridgehead atoms. The van der Waals surface area contributed by atoms with Gasteiger partial charge >= 0.3 is 6.18 Å². The second kappa shape index (κ2) is 23.8. The predicted molar refractivity (Wildman–Crippen MR) is 234 cm³/mol.